The first-order chi connectivity index (χ1) is 9.65. The molecule has 0 amide bonds. The molecule has 0 fully saturated rings. The van der Waals surface area contributed by atoms with E-state index in [1.165, 1.54) is 7.11 Å². The zero-order chi connectivity index (χ0) is 14.5. The molecule has 106 valence electrons. The molecule has 2 aromatic rings. The minimum atomic E-state index is -0.346. The van der Waals surface area contributed by atoms with Gasteiger partial charge in [-0.1, -0.05) is 12.1 Å². The number of hydrogen-bond acceptors (Lipinski definition) is 4. The number of nitrogens with zero attached hydrogens (tertiary/aromatic N) is 1. The standard InChI is InChI=1S/C15H18FN3O/c1-10-8-11(6-7-18-10)13(19-17)9-12-4-3-5-14(20-2)15(12)16/h3-8,13,19H,9,17H2,1-2H3. The molecule has 5 heteroatoms. The molecule has 1 aromatic heterocycles. The Morgan fingerprint density at radius 3 is 2.85 bits per heavy atom. The van der Waals surface area contributed by atoms with Crippen LogP contribution in [0.3, 0.4) is 0 Å². The van der Waals surface area contributed by atoms with Crippen LogP contribution < -0.4 is 16.0 Å². The molecule has 0 aliphatic heterocycles. The van der Waals surface area contributed by atoms with Crippen molar-refractivity contribution in [3.63, 3.8) is 0 Å². The van der Waals surface area contributed by atoms with Gasteiger partial charge in [0, 0.05) is 11.9 Å². The van der Waals surface area contributed by atoms with Crippen LogP contribution in [0.5, 0.6) is 5.75 Å². The Hall–Kier alpha value is -1.98. The van der Waals surface area contributed by atoms with Gasteiger partial charge in [-0.3, -0.25) is 16.3 Å². The maximum absolute atomic E-state index is 14.2. The van der Waals surface area contributed by atoms with E-state index in [9.17, 15) is 4.39 Å². The Morgan fingerprint density at radius 2 is 2.20 bits per heavy atom. The highest BCUT2D eigenvalue weighted by molar-refractivity contribution is 5.33. The quantitative estimate of drug-likeness (QED) is 0.649. The summed E-state index contributed by atoms with van der Waals surface area (Å²) in [6, 6.07) is 8.72. The van der Waals surface area contributed by atoms with Gasteiger partial charge in [-0.2, -0.15) is 0 Å². The van der Waals surface area contributed by atoms with Crippen LogP contribution in [0.15, 0.2) is 36.5 Å². The third-order valence-corrected chi connectivity index (χ3v) is 3.21. The lowest BCUT2D eigenvalue weighted by molar-refractivity contribution is 0.382. The number of hydrazine groups is 1. The highest BCUT2D eigenvalue weighted by Gasteiger charge is 2.15. The largest absolute Gasteiger partial charge is 0.494 e. The number of nitrogens with one attached hydrogen (secondary N) is 1. The van der Waals surface area contributed by atoms with Gasteiger partial charge in [-0.25, -0.2) is 4.39 Å². The zero-order valence-corrected chi connectivity index (χ0v) is 11.6. The first kappa shape index (κ1) is 14.4. The second kappa shape index (κ2) is 6.45. The van der Waals surface area contributed by atoms with Gasteiger partial charge in [0.15, 0.2) is 11.6 Å². The number of halogens is 1. The zero-order valence-electron chi connectivity index (χ0n) is 11.6. The van der Waals surface area contributed by atoms with Crippen molar-refractivity contribution in [2.45, 2.75) is 19.4 Å². The van der Waals surface area contributed by atoms with E-state index in [0.29, 0.717) is 12.0 Å². The molecule has 0 aliphatic rings. The molecule has 3 N–H and O–H groups in total. The van der Waals surface area contributed by atoms with E-state index in [1.807, 2.05) is 19.1 Å². The minimum Gasteiger partial charge on any atom is -0.494 e. The van der Waals surface area contributed by atoms with E-state index in [1.54, 1.807) is 24.4 Å². The molecule has 0 saturated carbocycles. The van der Waals surface area contributed by atoms with Crippen molar-refractivity contribution < 1.29 is 9.13 Å². The van der Waals surface area contributed by atoms with Crippen molar-refractivity contribution >= 4 is 0 Å². The van der Waals surface area contributed by atoms with Crippen LogP contribution in [-0.2, 0) is 6.42 Å². The number of benzene rings is 1. The van der Waals surface area contributed by atoms with Crippen LogP contribution in [0, 0.1) is 12.7 Å². The summed E-state index contributed by atoms with van der Waals surface area (Å²) in [7, 11) is 1.45. The summed E-state index contributed by atoms with van der Waals surface area (Å²) < 4.78 is 19.1. The van der Waals surface area contributed by atoms with Crippen molar-refractivity contribution in [2.24, 2.45) is 5.84 Å². The van der Waals surface area contributed by atoms with Crippen LogP contribution in [-0.4, -0.2) is 12.1 Å². The van der Waals surface area contributed by atoms with Gasteiger partial charge in [0.25, 0.3) is 0 Å². The predicted molar refractivity (Wildman–Crippen MR) is 75.7 cm³/mol. The monoisotopic (exact) mass is 275 g/mol. The highest BCUT2D eigenvalue weighted by atomic mass is 19.1. The third-order valence-electron chi connectivity index (χ3n) is 3.21. The lowest BCUT2D eigenvalue weighted by atomic mass is 9.99. The molecule has 0 radical (unpaired) electrons. The molecule has 0 spiro atoms. The fraction of sp³-hybridized carbons (Fsp3) is 0.267. The van der Waals surface area contributed by atoms with Crippen molar-refractivity contribution in [1.29, 1.82) is 0 Å². The Kier molecular flexibility index (Phi) is 4.65. The van der Waals surface area contributed by atoms with Gasteiger partial charge in [0.2, 0.25) is 0 Å². The summed E-state index contributed by atoms with van der Waals surface area (Å²) in [5, 5.41) is 0. The molecule has 1 aromatic carbocycles. The topological polar surface area (TPSA) is 60.2 Å². The number of aromatic nitrogens is 1. The van der Waals surface area contributed by atoms with E-state index < -0.39 is 0 Å². The van der Waals surface area contributed by atoms with Crippen LogP contribution in [0.25, 0.3) is 0 Å². The van der Waals surface area contributed by atoms with E-state index >= 15 is 0 Å². The molecule has 1 heterocycles. The van der Waals surface area contributed by atoms with E-state index in [2.05, 4.69) is 10.4 Å². The summed E-state index contributed by atoms with van der Waals surface area (Å²) in [5.41, 5.74) is 5.15. The number of ether oxygens (including phenoxy) is 1. The lowest BCUT2D eigenvalue weighted by Gasteiger charge is -2.17. The van der Waals surface area contributed by atoms with Crippen LogP contribution in [0.1, 0.15) is 22.9 Å². The fourth-order valence-corrected chi connectivity index (χ4v) is 2.15. The average Bonchev–Trinajstić information content (AvgIpc) is 2.46. The van der Waals surface area contributed by atoms with E-state index in [-0.39, 0.29) is 17.6 Å². The van der Waals surface area contributed by atoms with Gasteiger partial charge in [0.05, 0.1) is 13.2 Å². The molecule has 1 unspecified atom stereocenters. The Balaban J connectivity index is 2.27. The summed E-state index contributed by atoms with van der Waals surface area (Å²) in [6.45, 7) is 1.91. The summed E-state index contributed by atoms with van der Waals surface area (Å²) >= 11 is 0. The molecular formula is C15H18FN3O. The van der Waals surface area contributed by atoms with Crippen LogP contribution in [0.2, 0.25) is 0 Å². The lowest BCUT2D eigenvalue weighted by Crippen LogP contribution is -2.30. The second-order valence-electron chi connectivity index (χ2n) is 4.59. The Morgan fingerprint density at radius 1 is 1.40 bits per heavy atom. The number of rotatable bonds is 5. The first-order valence-corrected chi connectivity index (χ1v) is 6.35. The van der Waals surface area contributed by atoms with Crippen molar-refractivity contribution in [3.05, 3.63) is 59.2 Å². The number of aryl methyl sites for hydroxylation is 1. The molecular weight excluding hydrogens is 257 g/mol. The normalized spacial score (nSPS) is 12.2. The maximum Gasteiger partial charge on any atom is 0.168 e. The van der Waals surface area contributed by atoms with Crippen molar-refractivity contribution in [2.75, 3.05) is 7.11 Å². The SMILES string of the molecule is COc1cccc(CC(NN)c2ccnc(C)c2)c1F. The van der Waals surface area contributed by atoms with Gasteiger partial charge in [-0.05, 0) is 42.7 Å². The van der Waals surface area contributed by atoms with Crippen LogP contribution in [0.4, 0.5) is 4.39 Å². The summed E-state index contributed by atoms with van der Waals surface area (Å²) in [5.74, 6) is 5.49. The molecule has 0 saturated heterocycles. The number of hydrogen-bond donors (Lipinski definition) is 2. The van der Waals surface area contributed by atoms with E-state index in [0.717, 1.165) is 11.3 Å². The van der Waals surface area contributed by atoms with Gasteiger partial charge >= 0.3 is 0 Å². The highest BCUT2D eigenvalue weighted by Crippen LogP contribution is 2.25. The fourth-order valence-electron chi connectivity index (χ4n) is 2.15. The predicted octanol–water partition coefficient (Wildman–Crippen LogP) is 2.28. The van der Waals surface area contributed by atoms with Gasteiger partial charge in [-0.15, -0.1) is 0 Å². The molecule has 2 rings (SSSR count). The summed E-state index contributed by atoms with van der Waals surface area (Å²) in [4.78, 5) is 4.15. The van der Waals surface area contributed by atoms with Crippen LogP contribution >= 0.6 is 0 Å². The Bertz CT molecular complexity index is 589. The van der Waals surface area contributed by atoms with Gasteiger partial charge < -0.3 is 4.74 Å². The average molecular weight is 275 g/mol. The van der Waals surface area contributed by atoms with Gasteiger partial charge in [0.1, 0.15) is 0 Å². The maximum atomic E-state index is 14.2. The minimum absolute atomic E-state index is 0.182. The number of methoxy groups -OCH3 is 1. The smallest absolute Gasteiger partial charge is 0.168 e. The first-order valence-electron chi connectivity index (χ1n) is 6.35. The molecule has 4 nitrogen and oxygen atoms in total. The summed E-state index contributed by atoms with van der Waals surface area (Å²) in [6.07, 6.45) is 2.15. The number of nitrogens with two attached hydrogens (primary N) is 1. The molecule has 0 aliphatic carbocycles. The van der Waals surface area contributed by atoms with Crippen molar-refractivity contribution in [1.82, 2.24) is 10.4 Å². The van der Waals surface area contributed by atoms with E-state index in [4.69, 9.17) is 10.6 Å². The van der Waals surface area contributed by atoms with Crippen molar-refractivity contribution in [3.8, 4) is 5.75 Å². The number of pyridine rings is 1. The Labute approximate surface area is 117 Å². The second-order valence-corrected chi connectivity index (χ2v) is 4.59. The third kappa shape index (κ3) is 3.12. The molecule has 20 heavy (non-hydrogen) atoms. The molecule has 1 atom stereocenters. The molecule has 0 bridgehead atoms.